The zero-order valence-corrected chi connectivity index (χ0v) is 12.1. The van der Waals surface area contributed by atoms with E-state index < -0.39 is 0 Å². The molecule has 4 nitrogen and oxygen atoms in total. The lowest BCUT2D eigenvalue weighted by molar-refractivity contribution is 0.201. The molecule has 1 unspecified atom stereocenters. The highest BCUT2D eigenvalue weighted by Crippen LogP contribution is 2.32. The number of benzene rings is 1. The van der Waals surface area contributed by atoms with E-state index in [-0.39, 0.29) is 6.04 Å². The molecule has 0 saturated carbocycles. The van der Waals surface area contributed by atoms with Crippen LogP contribution in [0.15, 0.2) is 34.9 Å². The first-order valence-corrected chi connectivity index (χ1v) is 7.35. The van der Waals surface area contributed by atoms with E-state index in [2.05, 4.69) is 59.2 Å². The third-order valence-electron chi connectivity index (χ3n) is 3.85. The van der Waals surface area contributed by atoms with Crippen molar-refractivity contribution in [2.75, 3.05) is 6.54 Å². The smallest absolute Gasteiger partial charge is 0.244 e. The van der Waals surface area contributed by atoms with Gasteiger partial charge in [-0.15, -0.1) is 0 Å². The molecular formula is C16H21N3O. The van der Waals surface area contributed by atoms with Crippen molar-refractivity contribution in [3.05, 3.63) is 47.6 Å². The molecule has 2 aromatic rings. The van der Waals surface area contributed by atoms with E-state index in [1.54, 1.807) is 0 Å². The normalized spacial score (nSPS) is 19.9. The maximum atomic E-state index is 5.48. The van der Waals surface area contributed by atoms with Crippen molar-refractivity contribution in [2.24, 2.45) is 0 Å². The number of aromatic nitrogens is 2. The molecule has 0 amide bonds. The standard InChI is InChI=1S/C16H21N3O/c1-12(2)15-17-16(20-18-15)14-9-6-10-19(14)11-13-7-4-3-5-8-13/h3-5,7-8,12,14H,6,9-11H2,1-2H3. The second-order valence-electron chi connectivity index (χ2n) is 5.76. The summed E-state index contributed by atoms with van der Waals surface area (Å²) in [5.74, 6) is 1.91. The molecule has 0 bridgehead atoms. The van der Waals surface area contributed by atoms with Crippen LogP contribution in [0.4, 0.5) is 0 Å². The third-order valence-corrected chi connectivity index (χ3v) is 3.85. The van der Waals surface area contributed by atoms with E-state index in [1.807, 2.05) is 0 Å². The van der Waals surface area contributed by atoms with Crippen molar-refractivity contribution in [3.8, 4) is 0 Å². The maximum Gasteiger partial charge on any atom is 0.244 e. The Morgan fingerprint density at radius 2 is 2.10 bits per heavy atom. The summed E-state index contributed by atoms with van der Waals surface area (Å²) in [6.45, 7) is 6.22. The van der Waals surface area contributed by atoms with E-state index in [9.17, 15) is 0 Å². The molecule has 1 aliphatic rings. The number of hydrogen-bond donors (Lipinski definition) is 0. The van der Waals surface area contributed by atoms with Gasteiger partial charge < -0.3 is 4.52 Å². The van der Waals surface area contributed by atoms with Crippen LogP contribution in [0.25, 0.3) is 0 Å². The Hall–Kier alpha value is -1.68. The molecule has 1 atom stereocenters. The van der Waals surface area contributed by atoms with Gasteiger partial charge in [-0.1, -0.05) is 49.3 Å². The molecule has 1 aliphatic heterocycles. The van der Waals surface area contributed by atoms with Gasteiger partial charge in [-0.05, 0) is 24.9 Å². The quantitative estimate of drug-likeness (QED) is 0.853. The van der Waals surface area contributed by atoms with Gasteiger partial charge in [0.05, 0.1) is 6.04 Å². The molecule has 20 heavy (non-hydrogen) atoms. The summed E-state index contributed by atoms with van der Waals surface area (Å²) in [5, 5.41) is 4.09. The molecule has 0 N–H and O–H groups in total. The maximum absolute atomic E-state index is 5.48. The average molecular weight is 271 g/mol. The molecule has 106 valence electrons. The van der Waals surface area contributed by atoms with E-state index in [1.165, 1.54) is 12.0 Å². The van der Waals surface area contributed by atoms with Gasteiger partial charge in [0.2, 0.25) is 5.89 Å². The van der Waals surface area contributed by atoms with Crippen molar-refractivity contribution in [2.45, 2.75) is 45.2 Å². The molecule has 0 aliphatic carbocycles. The SMILES string of the molecule is CC(C)c1noc(C2CCCN2Cc2ccccc2)n1. The Morgan fingerprint density at radius 3 is 2.80 bits per heavy atom. The molecule has 0 spiro atoms. The van der Waals surface area contributed by atoms with Crippen LogP contribution < -0.4 is 0 Å². The fraction of sp³-hybridized carbons (Fsp3) is 0.500. The fourth-order valence-corrected chi connectivity index (χ4v) is 2.73. The van der Waals surface area contributed by atoms with Gasteiger partial charge in [-0.3, -0.25) is 4.90 Å². The van der Waals surface area contributed by atoms with Crippen molar-refractivity contribution in [1.29, 1.82) is 0 Å². The molecular weight excluding hydrogens is 250 g/mol. The van der Waals surface area contributed by atoms with Crippen LogP contribution in [0.5, 0.6) is 0 Å². The first-order valence-electron chi connectivity index (χ1n) is 7.35. The number of rotatable bonds is 4. The van der Waals surface area contributed by atoms with Gasteiger partial charge in [-0.2, -0.15) is 4.98 Å². The lowest BCUT2D eigenvalue weighted by Crippen LogP contribution is -2.23. The van der Waals surface area contributed by atoms with Crippen LogP contribution in [0.1, 0.15) is 55.9 Å². The number of hydrogen-bond acceptors (Lipinski definition) is 4. The highest BCUT2D eigenvalue weighted by atomic mass is 16.5. The van der Waals surface area contributed by atoms with Crippen molar-refractivity contribution < 1.29 is 4.52 Å². The number of nitrogens with zero attached hydrogens (tertiary/aromatic N) is 3. The van der Waals surface area contributed by atoms with Crippen LogP contribution in [0.3, 0.4) is 0 Å². The van der Waals surface area contributed by atoms with Gasteiger partial charge in [0.15, 0.2) is 5.82 Å². The van der Waals surface area contributed by atoms with Crippen molar-refractivity contribution in [1.82, 2.24) is 15.0 Å². The minimum Gasteiger partial charge on any atom is -0.338 e. The Bertz CT molecular complexity index is 550. The summed E-state index contributed by atoms with van der Waals surface area (Å²) in [7, 11) is 0. The van der Waals surface area contributed by atoms with E-state index in [0.29, 0.717) is 5.92 Å². The van der Waals surface area contributed by atoms with E-state index >= 15 is 0 Å². The lowest BCUT2D eigenvalue weighted by Gasteiger charge is -2.21. The van der Waals surface area contributed by atoms with Crippen LogP contribution in [0.2, 0.25) is 0 Å². The second-order valence-corrected chi connectivity index (χ2v) is 5.76. The predicted molar refractivity (Wildman–Crippen MR) is 77.2 cm³/mol. The summed E-state index contributed by atoms with van der Waals surface area (Å²) in [6.07, 6.45) is 2.30. The molecule has 3 rings (SSSR count). The first kappa shape index (κ1) is 13.3. The van der Waals surface area contributed by atoms with Gasteiger partial charge in [-0.25, -0.2) is 0 Å². The van der Waals surface area contributed by atoms with Crippen molar-refractivity contribution >= 4 is 0 Å². The highest BCUT2D eigenvalue weighted by Gasteiger charge is 2.30. The summed E-state index contributed by atoms with van der Waals surface area (Å²) in [5.41, 5.74) is 1.34. The topological polar surface area (TPSA) is 42.2 Å². The monoisotopic (exact) mass is 271 g/mol. The molecule has 1 aromatic carbocycles. The second kappa shape index (κ2) is 5.75. The molecule has 0 radical (unpaired) electrons. The highest BCUT2D eigenvalue weighted by molar-refractivity contribution is 5.15. The summed E-state index contributed by atoms with van der Waals surface area (Å²) < 4.78 is 5.48. The van der Waals surface area contributed by atoms with E-state index in [0.717, 1.165) is 31.2 Å². The zero-order valence-electron chi connectivity index (χ0n) is 12.1. The average Bonchev–Trinajstić information content (AvgIpc) is 3.08. The fourth-order valence-electron chi connectivity index (χ4n) is 2.73. The summed E-state index contributed by atoms with van der Waals surface area (Å²) >= 11 is 0. The summed E-state index contributed by atoms with van der Waals surface area (Å²) in [4.78, 5) is 7.00. The minimum absolute atomic E-state index is 0.273. The van der Waals surface area contributed by atoms with Crippen LogP contribution in [-0.2, 0) is 6.54 Å². The van der Waals surface area contributed by atoms with Crippen molar-refractivity contribution in [3.63, 3.8) is 0 Å². The Balaban J connectivity index is 1.74. The van der Waals surface area contributed by atoms with Gasteiger partial charge in [0.1, 0.15) is 0 Å². The predicted octanol–water partition coefficient (Wildman–Crippen LogP) is 3.53. The zero-order chi connectivity index (χ0) is 13.9. The van der Waals surface area contributed by atoms with Gasteiger partial charge in [0.25, 0.3) is 0 Å². The molecule has 4 heteroatoms. The number of likely N-dealkylation sites (tertiary alicyclic amines) is 1. The van der Waals surface area contributed by atoms with Crippen LogP contribution in [0, 0.1) is 0 Å². The van der Waals surface area contributed by atoms with Gasteiger partial charge >= 0.3 is 0 Å². The van der Waals surface area contributed by atoms with Crippen LogP contribution >= 0.6 is 0 Å². The molecule has 1 fully saturated rings. The largest absolute Gasteiger partial charge is 0.338 e. The van der Waals surface area contributed by atoms with E-state index in [4.69, 9.17) is 4.52 Å². The Kier molecular flexibility index (Phi) is 3.83. The minimum atomic E-state index is 0.273. The van der Waals surface area contributed by atoms with Crippen LogP contribution in [-0.4, -0.2) is 21.6 Å². The molecule has 1 aromatic heterocycles. The third kappa shape index (κ3) is 2.75. The first-order chi connectivity index (χ1) is 9.74. The Labute approximate surface area is 119 Å². The molecule has 2 heterocycles. The molecule has 1 saturated heterocycles. The van der Waals surface area contributed by atoms with Gasteiger partial charge in [0, 0.05) is 12.5 Å². The lowest BCUT2D eigenvalue weighted by atomic mass is 10.1. The Morgan fingerprint density at radius 1 is 1.30 bits per heavy atom. The summed E-state index contributed by atoms with van der Waals surface area (Å²) in [6, 6.07) is 10.8.